The molecule has 2 aromatic carbocycles. The minimum Gasteiger partial charge on any atom is -0.456 e. The largest absolute Gasteiger partial charge is 0.456 e. The van der Waals surface area contributed by atoms with Crippen LogP contribution in [-0.4, -0.2) is 45.7 Å². The summed E-state index contributed by atoms with van der Waals surface area (Å²) in [7, 11) is 0. The van der Waals surface area contributed by atoms with Crippen molar-refractivity contribution in [2.24, 2.45) is 5.92 Å². The molecule has 7 heteroatoms. The summed E-state index contributed by atoms with van der Waals surface area (Å²) in [5.41, 5.74) is -1.38. The molecule has 1 aliphatic carbocycles. The maximum absolute atomic E-state index is 12.6. The summed E-state index contributed by atoms with van der Waals surface area (Å²) in [6.07, 6.45) is -0.0104. The molecule has 2 bridgehead atoms. The molecule has 0 amide bonds. The van der Waals surface area contributed by atoms with E-state index in [1.165, 1.54) is 0 Å². The zero-order chi connectivity index (χ0) is 20.5. The predicted molar refractivity (Wildman–Crippen MR) is 114 cm³/mol. The van der Waals surface area contributed by atoms with Crippen LogP contribution in [0.1, 0.15) is 37.0 Å². The molecule has 1 heterocycles. The first-order valence-corrected chi connectivity index (χ1v) is 10.9. The standard InChI is InChI=1S/C23H26O5S.H2O/c1-22(15-29-18-11-7-4-8-12-18)17-13-19(23(2,25)20(14-17)27-28-22)26-21(24)16-9-5-3-6-10-16;/h3-12,17,19-20,25H,13-15H2,1-2H3;1H2/t17-,19-,20-,22-,23-;/m1./s1. The highest BCUT2D eigenvalue weighted by Gasteiger charge is 2.57. The quantitative estimate of drug-likeness (QED) is 0.442. The molecule has 2 fully saturated rings. The molecule has 30 heavy (non-hydrogen) atoms. The Balaban J connectivity index is 0.00000256. The second-order valence-electron chi connectivity index (χ2n) is 8.24. The molecule has 1 aliphatic heterocycles. The summed E-state index contributed by atoms with van der Waals surface area (Å²) in [4.78, 5) is 25.2. The van der Waals surface area contributed by atoms with E-state index >= 15 is 0 Å². The summed E-state index contributed by atoms with van der Waals surface area (Å²) >= 11 is 1.71. The number of rotatable bonds is 5. The maximum Gasteiger partial charge on any atom is 0.338 e. The zero-order valence-corrected chi connectivity index (χ0v) is 17.9. The molecule has 0 unspecified atom stereocenters. The SMILES string of the molecule is C[C@]1(O)[C@H]2C[C@@H](C[C@H]1OC(=O)c1ccccc1)[C@@](C)(CSc1ccccc1)OO2.O. The smallest absolute Gasteiger partial charge is 0.338 e. The van der Waals surface area contributed by atoms with Crippen LogP contribution in [-0.2, 0) is 14.5 Å². The number of aliphatic hydroxyl groups is 1. The van der Waals surface area contributed by atoms with Crippen LogP contribution >= 0.6 is 11.8 Å². The van der Waals surface area contributed by atoms with E-state index in [4.69, 9.17) is 14.5 Å². The Bertz CT molecular complexity index is 843. The molecule has 6 nitrogen and oxygen atoms in total. The number of esters is 1. The summed E-state index contributed by atoms with van der Waals surface area (Å²) in [5, 5.41) is 11.0. The van der Waals surface area contributed by atoms with Crippen molar-refractivity contribution in [3.63, 3.8) is 0 Å². The average molecular weight is 433 g/mol. The van der Waals surface area contributed by atoms with Crippen molar-refractivity contribution in [3.8, 4) is 0 Å². The van der Waals surface area contributed by atoms with Gasteiger partial charge in [0, 0.05) is 10.6 Å². The molecule has 162 valence electrons. The van der Waals surface area contributed by atoms with Gasteiger partial charge < -0.3 is 15.3 Å². The number of benzene rings is 2. The second kappa shape index (κ2) is 9.08. The molecule has 5 atom stereocenters. The van der Waals surface area contributed by atoms with E-state index in [0.29, 0.717) is 24.2 Å². The summed E-state index contributed by atoms with van der Waals surface area (Å²) in [5.74, 6) is 0.374. The first-order chi connectivity index (χ1) is 13.9. The fourth-order valence-electron chi connectivity index (χ4n) is 3.99. The Hall–Kier alpha value is -1.90. The van der Waals surface area contributed by atoms with E-state index in [1.54, 1.807) is 43.0 Å². The average Bonchev–Trinajstić information content (AvgIpc) is 2.74. The van der Waals surface area contributed by atoms with Crippen LogP contribution in [0.3, 0.4) is 0 Å². The van der Waals surface area contributed by atoms with Crippen molar-refractivity contribution in [2.75, 3.05) is 5.75 Å². The molecular weight excluding hydrogens is 404 g/mol. The van der Waals surface area contributed by atoms with Crippen LogP contribution < -0.4 is 0 Å². The highest BCUT2D eigenvalue weighted by molar-refractivity contribution is 7.99. The molecule has 1 saturated carbocycles. The number of ether oxygens (including phenoxy) is 1. The van der Waals surface area contributed by atoms with Crippen molar-refractivity contribution < 1.29 is 29.9 Å². The lowest BCUT2D eigenvalue weighted by molar-refractivity contribution is -0.448. The first-order valence-electron chi connectivity index (χ1n) is 9.89. The van der Waals surface area contributed by atoms with Gasteiger partial charge in [-0.15, -0.1) is 11.8 Å². The summed E-state index contributed by atoms with van der Waals surface area (Å²) in [6.45, 7) is 3.68. The number of carbonyl (C=O) groups is 1. The third-order valence-electron chi connectivity index (χ3n) is 6.05. The molecule has 0 spiro atoms. The van der Waals surface area contributed by atoms with Crippen molar-refractivity contribution in [1.29, 1.82) is 0 Å². The van der Waals surface area contributed by atoms with Crippen LogP contribution in [0.5, 0.6) is 0 Å². The van der Waals surface area contributed by atoms with E-state index in [-0.39, 0.29) is 11.4 Å². The van der Waals surface area contributed by atoms with Gasteiger partial charge in [0.25, 0.3) is 0 Å². The normalized spacial score (nSPS) is 32.7. The lowest BCUT2D eigenvalue weighted by atomic mass is 9.69. The van der Waals surface area contributed by atoms with E-state index < -0.39 is 29.4 Å². The predicted octanol–water partition coefficient (Wildman–Crippen LogP) is 3.43. The van der Waals surface area contributed by atoms with Gasteiger partial charge in [-0.2, -0.15) is 0 Å². The highest BCUT2D eigenvalue weighted by atomic mass is 32.2. The monoisotopic (exact) mass is 432 g/mol. The van der Waals surface area contributed by atoms with Gasteiger partial charge in [-0.1, -0.05) is 36.4 Å². The van der Waals surface area contributed by atoms with Gasteiger partial charge in [-0.3, -0.25) is 0 Å². The van der Waals surface area contributed by atoms with Gasteiger partial charge in [0.1, 0.15) is 23.4 Å². The highest BCUT2D eigenvalue weighted by Crippen LogP contribution is 2.47. The van der Waals surface area contributed by atoms with Gasteiger partial charge in [0.15, 0.2) is 0 Å². The molecule has 0 radical (unpaired) electrons. The van der Waals surface area contributed by atoms with Crippen molar-refractivity contribution in [3.05, 3.63) is 66.2 Å². The zero-order valence-electron chi connectivity index (χ0n) is 17.1. The van der Waals surface area contributed by atoms with Crippen LogP contribution in [0.2, 0.25) is 0 Å². The first kappa shape index (κ1) is 22.8. The van der Waals surface area contributed by atoms with Crippen molar-refractivity contribution in [1.82, 2.24) is 0 Å². The maximum atomic E-state index is 12.6. The topological polar surface area (TPSA) is 96.5 Å². The molecule has 0 aromatic heterocycles. The van der Waals surface area contributed by atoms with E-state index in [0.717, 1.165) is 4.90 Å². The summed E-state index contributed by atoms with van der Waals surface area (Å²) in [6, 6.07) is 19.0. The van der Waals surface area contributed by atoms with Crippen LogP contribution in [0.25, 0.3) is 0 Å². The fourth-order valence-corrected chi connectivity index (χ4v) is 5.08. The van der Waals surface area contributed by atoms with E-state index in [1.807, 2.05) is 31.2 Å². The van der Waals surface area contributed by atoms with Gasteiger partial charge in [-0.25, -0.2) is 14.6 Å². The van der Waals surface area contributed by atoms with E-state index in [9.17, 15) is 9.90 Å². The van der Waals surface area contributed by atoms with Gasteiger partial charge in [-0.05, 0) is 56.9 Å². The Morgan fingerprint density at radius 2 is 1.73 bits per heavy atom. The fraction of sp³-hybridized carbons (Fsp3) is 0.435. The van der Waals surface area contributed by atoms with Gasteiger partial charge >= 0.3 is 5.97 Å². The number of fused-ring (bicyclic) bond motifs is 2. The molecular formula is C23H28O6S. The lowest BCUT2D eigenvalue weighted by Gasteiger charge is -2.53. The van der Waals surface area contributed by atoms with Crippen LogP contribution in [0.15, 0.2) is 65.6 Å². The minimum atomic E-state index is -1.31. The van der Waals surface area contributed by atoms with E-state index in [2.05, 4.69) is 12.1 Å². The second-order valence-corrected chi connectivity index (χ2v) is 9.29. The van der Waals surface area contributed by atoms with Crippen molar-refractivity contribution >= 4 is 17.7 Å². The van der Waals surface area contributed by atoms with Crippen LogP contribution in [0.4, 0.5) is 0 Å². The molecule has 1 saturated heterocycles. The number of hydrogen-bond acceptors (Lipinski definition) is 6. The van der Waals surface area contributed by atoms with Crippen LogP contribution in [0, 0.1) is 5.92 Å². The Labute approximate surface area is 180 Å². The third-order valence-corrected chi connectivity index (χ3v) is 7.37. The third kappa shape index (κ3) is 4.55. The molecule has 2 aromatic rings. The van der Waals surface area contributed by atoms with Gasteiger partial charge in [0.05, 0.1) is 5.56 Å². The van der Waals surface area contributed by atoms with Gasteiger partial charge in [0.2, 0.25) is 0 Å². The Morgan fingerprint density at radius 3 is 2.40 bits per heavy atom. The Morgan fingerprint density at radius 1 is 1.10 bits per heavy atom. The Kier molecular flexibility index (Phi) is 6.89. The molecule has 4 rings (SSSR count). The molecule has 2 aliphatic rings. The summed E-state index contributed by atoms with van der Waals surface area (Å²) < 4.78 is 5.75. The molecule has 3 N–H and O–H groups in total. The minimum absolute atomic E-state index is 0. The number of carbonyl (C=O) groups excluding carboxylic acids is 1. The van der Waals surface area contributed by atoms with Crippen molar-refractivity contribution in [2.45, 2.75) is 55.0 Å². The number of thioether (sulfide) groups is 1. The lowest BCUT2D eigenvalue weighted by Crippen LogP contribution is -2.64. The number of hydrogen-bond donors (Lipinski definition) is 1.